The lowest BCUT2D eigenvalue weighted by molar-refractivity contribution is -0.138. The van der Waals surface area contributed by atoms with Crippen molar-refractivity contribution in [2.75, 3.05) is 6.54 Å². The van der Waals surface area contributed by atoms with E-state index in [0.29, 0.717) is 11.8 Å². The van der Waals surface area contributed by atoms with Gasteiger partial charge in [-0.2, -0.15) is 0 Å². The summed E-state index contributed by atoms with van der Waals surface area (Å²) >= 11 is 0. The molecule has 5 N–H and O–H groups in total. The second-order valence-corrected chi connectivity index (χ2v) is 13.4. The zero-order chi connectivity index (χ0) is 31.6. The van der Waals surface area contributed by atoms with E-state index in [0.717, 1.165) is 59.5 Å². The lowest BCUT2D eigenvalue weighted by Crippen LogP contribution is -2.60. The smallest absolute Gasteiger partial charge is 0.408 e. The number of amides is 3. The first-order valence-corrected chi connectivity index (χ1v) is 16.0. The lowest BCUT2D eigenvalue weighted by Gasteiger charge is -2.53. The summed E-state index contributed by atoms with van der Waals surface area (Å²) in [6, 6.07) is 16.4. The van der Waals surface area contributed by atoms with Crippen molar-refractivity contribution in [3.8, 4) is 0 Å². The highest BCUT2D eigenvalue weighted by Crippen LogP contribution is 2.54. The molecule has 0 spiro atoms. The van der Waals surface area contributed by atoms with Gasteiger partial charge in [0.1, 0.15) is 11.6 Å². The van der Waals surface area contributed by atoms with Crippen LogP contribution < -0.4 is 16.0 Å². The molecule has 0 aliphatic heterocycles. The minimum absolute atomic E-state index is 0.0391. The van der Waals surface area contributed by atoms with Crippen LogP contribution in [-0.2, 0) is 25.5 Å². The zero-order valence-corrected chi connectivity index (χ0v) is 25.6. The number of para-hydroxylation sites is 1. The van der Waals surface area contributed by atoms with Gasteiger partial charge in [0, 0.05) is 36.5 Å². The Kier molecular flexibility index (Phi) is 8.83. The number of hydrogen-bond acceptors (Lipinski definition) is 5. The third-order valence-electron chi connectivity index (χ3n) is 10.1. The van der Waals surface area contributed by atoms with Crippen molar-refractivity contribution in [1.29, 1.82) is 0 Å². The fourth-order valence-corrected chi connectivity index (χ4v) is 8.10. The van der Waals surface area contributed by atoms with Gasteiger partial charge >= 0.3 is 12.1 Å². The maximum atomic E-state index is 14.1. The van der Waals surface area contributed by atoms with Crippen LogP contribution in [0.25, 0.3) is 10.9 Å². The second kappa shape index (κ2) is 12.9. The van der Waals surface area contributed by atoms with E-state index in [-0.39, 0.29) is 31.9 Å². The lowest BCUT2D eigenvalue weighted by atomic mass is 9.55. The van der Waals surface area contributed by atoms with Gasteiger partial charge in [-0.15, -0.1) is 0 Å². The van der Waals surface area contributed by atoms with Crippen LogP contribution in [0, 0.1) is 23.7 Å². The van der Waals surface area contributed by atoms with Gasteiger partial charge in [0.15, 0.2) is 0 Å². The average Bonchev–Trinajstić information content (AvgIpc) is 3.42. The van der Waals surface area contributed by atoms with E-state index in [2.05, 4.69) is 20.9 Å². The standard InChI is InChI=1S/C35H42N4O6/c1-35(18-26-19-36-28-10-6-5-9-27(26)28,39-34(44)45-32-24-14-21-13-22(16-24)17-25(32)15-21)33(43)37-20-29(23-7-3-2-4-8-23)38-30(40)11-12-31(41)42/h2-10,19,21-22,24-25,29,32,36H,11-18,20H2,1H3,(H,37,43)(H,38,40)(H,39,44)(H,41,42)/t21?,22?,24?,25?,29-,32?,35?/m1/s1. The number of aromatic amines is 1. The number of benzene rings is 2. The van der Waals surface area contributed by atoms with Crippen LogP contribution in [-0.4, -0.2) is 52.2 Å². The minimum atomic E-state index is -1.37. The van der Waals surface area contributed by atoms with E-state index in [1.165, 1.54) is 6.42 Å². The first kappa shape index (κ1) is 30.7. The summed E-state index contributed by atoms with van der Waals surface area (Å²) in [7, 11) is 0. The summed E-state index contributed by atoms with van der Waals surface area (Å²) in [4.78, 5) is 54.4. The number of carboxylic acid groups (broad SMARTS) is 1. The van der Waals surface area contributed by atoms with Crippen molar-refractivity contribution in [2.24, 2.45) is 23.7 Å². The molecule has 2 aromatic carbocycles. The number of carboxylic acids is 1. The average molecular weight is 615 g/mol. The highest BCUT2D eigenvalue weighted by Gasteiger charge is 2.50. The number of fused-ring (bicyclic) bond motifs is 1. The Morgan fingerprint density at radius 2 is 1.60 bits per heavy atom. The molecule has 0 saturated heterocycles. The van der Waals surface area contributed by atoms with Crippen molar-refractivity contribution in [1.82, 2.24) is 20.9 Å². The molecule has 0 radical (unpaired) electrons. The van der Waals surface area contributed by atoms with Crippen molar-refractivity contribution in [3.05, 3.63) is 71.9 Å². The summed E-state index contributed by atoms with van der Waals surface area (Å²) in [5.74, 6) is 0.351. The number of nitrogens with one attached hydrogen (secondary N) is 4. The molecule has 10 heteroatoms. The molecule has 1 heterocycles. The minimum Gasteiger partial charge on any atom is -0.481 e. The van der Waals surface area contributed by atoms with Crippen LogP contribution in [0.2, 0.25) is 0 Å². The molecule has 45 heavy (non-hydrogen) atoms. The largest absolute Gasteiger partial charge is 0.481 e. The number of rotatable bonds is 12. The number of alkyl carbamates (subject to hydrolysis) is 1. The molecule has 4 saturated carbocycles. The highest BCUT2D eigenvalue weighted by molar-refractivity contribution is 5.91. The molecule has 7 rings (SSSR count). The summed E-state index contributed by atoms with van der Waals surface area (Å²) in [5.41, 5.74) is 1.19. The number of hydrogen-bond donors (Lipinski definition) is 5. The van der Waals surface area contributed by atoms with Crippen LogP contribution in [0.4, 0.5) is 4.79 Å². The van der Waals surface area contributed by atoms with Gasteiger partial charge in [0.05, 0.1) is 12.5 Å². The van der Waals surface area contributed by atoms with Gasteiger partial charge in [-0.1, -0.05) is 48.5 Å². The molecular formula is C35H42N4O6. The maximum absolute atomic E-state index is 14.1. The molecule has 1 aromatic heterocycles. The van der Waals surface area contributed by atoms with Gasteiger partial charge in [-0.3, -0.25) is 14.4 Å². The zero-order valence-electron chi connectivity index (χ0n) is 25.6. The van der Waals surface area contributed by atoms with Crippen LogP contribution in [0.3, 0.4) is 0 Å². The number of ether oxygens (including phenoxy) is 1. The molecule has 238 valence electrons. The Labute approximate surface area is 262 Å². The molecule has 3 aromatic rings. The van der Waals surface area contributed by atoms with Gasteiger partial charge in [-0.25, -0.2) is 4.79 Å². The summed E-state index contributed by atoms with van der Waals surface area (Å²) < 4.78 is 6.13. The molecule has 3 amide bonds. The molecule has 4 fully saturated rings. The second-order valence-electron chi connectivity index (χ2n) is 13.4. The summed E-state index contributed by atoms with van der Waals surface area (Å²) in [6.07, 6.45) is 6.62. The molecule has 1 unspecified atom stereocenters. The Balaban J connectivity index is 1.19. The molecule has 10 nitrogen and oxygen atoms in total. The third kappa shape index (κ3) is 7.00. The number of carbonyl (C=O) groups excluding carboxylic acids is 3. The SMILES string of the molecule is CC(Cc1c[nH]c2ccccc12)(NC(=O)OC1C2CC3CC(C2)CC1C3)C(=O)NC[C@@H](NC(=O)CCC(=O)O)c1ccccc1. The number of H-pyrrole nitrogens is 1. The van der Waals surface area contributed by atoms with E-state index in [9.17, 15) is 19.2 Å². The third-order valence-corrected chi connectivity index (χ3v) is 10.1. The first-order valence-electron chi connectivity index (χ1n) is 16.0. The fourth-order valence-electron chi connectivity index (χ4n) is 8.10. The van der Waals surface area contributed by atoms with E-state index in [1.807, 2.05) is 60.8 Å². The van der Waals surface area contributed by atoms with Gasteiger partial charge < -0.3 is 30.8 Å². The monoisotopic (exact) mass is 614 g/mol. The van der Waals surface area contributed by atoms with Crippen LogP contribution >= 0.6 is 0 Å². The van der Waals surface area contributed by atoms with E-state index in [1.54, 1.807) is 6.92 Å². The molecule has 4 aliphatic carbocycles. The van der Waals surface area contributed by atoms with E-state index in [4.69, 9.17) is 9.84 Å². The number of carbonyl (C=O) groups is 4. The van der Waals surface area contributed by atoms with Crippen LogP contribution in [0.1, 0.15) is 69.0 Å². The quantitative estimate of drug-likeness (QED) is 0.197. The predicted molar refractivity (Wildman–Crippen MR) is 168 cm³/mol. The van der Waals surface area contributed by atoms with Gasteiger partial charge in [-0.05, 0) is 79.9 Å². The highest BCUT2D eigenvalue weighted by atomic mass is 16.6. The van der Waals surface area contributed by atoms with E-state index < -0.39 is 35.5 Å². The Morgan fingerprint density at radius 1 is 0.933 bits per heavy atom. The fraction of sp³-hybridized carbons (Fsp3) is 0.486. The number of aliphatic carboxylic acids is 1. The molecule has 4 aliphatic rings. The normalized spacial score (nSPS) is 25.2. The van der Waals surface area contributed by atoms with Gasteiger partial charge in [0.2, 0.25) is 11.8 Å². The molecule has 4 bridgehead atoms. The molecular weight excluding hydrogens is 572 g/mol. The Hall–Kier alpha value is -4.34. The molecule has 2 atom stereocenters. The topological polar surface area (TPSA) is 150 Å². The van der Waals surface area contributed by atoms with Crippen molar-refractivity contribution in [2.45, 2.75) is 76.0 Å². The Bertz CT molecular complexity index is 1530. The van der Waals surface area contributed by atoms with E-state index >= 15 is 0 Å². The first-order chi connectivity index (χ1) is 21.7. The maximum Gasteiger partial charge on any atom is 0.408 e. The van der Waals surface area contributed by atoms with Gasteiger partial charge in [0.25, 0.3) is 0 Å². The predicted octanol–water partition coefficient (Wildman–Crippen LogP) is 4.86. The summed E-state index contributed by atoms with van der Waals surface area (Å²) in [5, 5.41) is 18.7. The number of aromatic nitrogens is 1. The Morgan fingerprint density at radius 3 is 2.29 bits per heavy atom. The van der Waals surface area contributed by atoms with Crippen LogP contribution in [0.5, 0.6) is 0 Å². The van der Waals surface area contributed by atoms with Crippen LogP contribution in [0.15, 0.2) is 60.8 Å². The van der Waals surface area contributed by atoms with Crippen molar-refractivity contribution >= 4 is 34.8 Å². The summed E-state index contributed by atoms with van der Waals surface area (Å²) in [6.45, 7) is 1.74. The van der Waals surface area contributed by atoms with Crippen molar-refractivity contribution < 1.29 is 29.0 Å². The van der Waals surface area contributed by atoms with Crippen molar-refractivity contribution in [3.63, 3.8) is 0 Å².